The maximum Gasteiger partial charge on any atom is 0.225 e. The molecule has 1 saturated carbocycles. The van der Waals surface area contributed by atoms with E-state index in [0.29, 0.717) is 6.42 Å². The summed E-state index contributed by atoms with van der Waals surface area (Å²) < 4.78 is 1.91. The van der Waals surface area contributed by atoms with Crippen molar-refractivity contribution in [3.05, 3.63) is 41.1 Å². The summed E-state index contributed by atoms with van der Waals surface area (Å²) in [5.41, 5.74) is 4.54. The molecule has 1 N–H and O–H groups in total. The van der Waals surface area contributed by atoms with Crippen LogP contribution >= 0.6 is 11.8 Å². The summed E-state index contributed by atoms with van der Waals surface area (Å²) in [7, 11) is 0. The molecule has 5 heteroatoms. The Balaban J connectivity index is 1.53. The second-order valence-electron chi connectivity index (χ2n) is 7.25. The number of nitrogens with zero attached hydrogens (tertiary/aromatic N) is 2. The van der Waals surface area contributed by atoms with E-state index < -0.39 is 0 Å². The minimum atomic E-state index is 0.125. The summed E-state index contributed by atoms with van der Waals surface area (Å²) in [5, 5.41) is 7.94. The molecule has 132 valence electrons. The van der Waals surface area contributed by atoms with Crippen molar-refractivity contribution in [2.45, 2.75) is 57.0 Å². The van der Waals surface area contributed by atoms with Gasteiger partial charge in [-0.15, -0.1) is 0 Å². The van der Waals surface area contributed by atoms with Crippen LogP contribution in [0.2, 0.25) is 0 Å². The predicted molar refractivity (Wildman–Crippen MR) is 103 cm³/mol. The number of benzene rings is 1. The first-order chi connectivity index (χ1) is 12.2. The van der Waals surface area contributed by atoms with Gasteiger partial charge in [-0.05, 0) is 31.4 Å². The van der Waals surface area contributed by atoms with Crippen molar-refractivity contribution in [3.8, 4) is 5.69 Å². The van der Waals surface area contributed by atoms with Crippen LogP contribution in [-0.2, 0) is 16.3 Å². The number of hydrogen-bond donors (Lipinski definition) is 1. The fraction of sp³-hybridized carbons (Fsp3) is 0.500. The topological polar surface area (TPSA) is 46.9 Å². The molecule has 1 fully saturated rings. The molecule has 4 nitrogen and oxygen atoms in total. The highest BCUT2D eigenvalue weighted by Crippen LogP contribution is 2.36. The first-order valence-electron chi connectivity index (χ1n) is 9.26. The number of amides is 1. The van der Waals surface area contributed by atoms with Gasteiger partial charge >= 0.3 is 0 Å². The SMILES string of the molecule is Cc1ccc(-n2nc3c(c2NC(=O)CCC2CCCC2)CSC3)cc1. The van der Waals surface area contributed by atoms with Crippen molar-refractivity contribution in [1.82, 2.24) is 9.78 Å². The molecule has 2 heterocycles. The van der Waals surface area contributed by atoms with Gasteiger partial charge in [-0.1, -0.05) is 43.4 Å². The second-order valence-corrected chi connectivity index (χ2v) is 8.24. The maximum atomic E-state index is 12.5. The van der Waals surface area contributed by atoms with E-state index in [1.807, 2.05) is 16.4 Å². The Hall–Kier alpha value is -1.75. The van der Waals surface area contributed by atoms with Crippen molar-refractivity contribution in [2.75, 3.05) is 5.32 Å². The van der Waals surface area contributed by atoms with Gasteiger partial charge < -0.3 is 5.32 Å². The third-order valence-corrected chi connectivity index (χ3v) is 6.31. The van der Waals surface area contributed by atoms with Crippen molar-refractivity contribution in [3.63, 3.8) is 0 Å². The van der Waals surface area contributed by atoms with Gasteiger partial charge in [0.25, 0.3) is 0 Å². The van der Waals surface area contributed by atoms with Crippen LogP contribution < -0.4 is 5.32 Å². The van der Waals surface area contributed by atoms with E-state index >= 15 is 0 Å². The summed E-state index contributed by atoms with van der Waals surface area (Å²) in [4.78, 5) is 12.5. The normalized spacial score (nSPS) is 17.0. The predicted octanol–water partition coefficient (Wildman–Crippen LogP) is 4.84. The van der Waals surface area contributed by atoms with Gasteiger partial charge in [-0.25, -0.2) is 4.68 Å². The Labute approximate surface area is 153 Å². The van der Waals surface area contributed by atoms with Crippen molar-refractivity contribution >= 4 is 23.5 Å². The first kappa shape index (κ1) is 16.7. The van der Waals surface area contributed by atoms with Gasteiger partial charge in [0.15, 0.2) is 0 Å². The molecule has 4 rings (SSSR count). The molecule has 25 heavy (non-hydrogen) atoms. The van der Waals surface area contributed by atoms with Gasteiger partial charge in [-0.3, -0.25) is 4.79 Å². The zero-order chi connectivity index (χ0) is 17.2. The largest absolute Gasteiger partial charge is 0.310 e. The summed E-state index contributed by atoms with van der Waals surface area (Å²) in [6.07, 6.45) is 6.88. The maximum absolute atomic E-state index is 12.5. The van der Waals surface area contributed by atoms with E-state index in [9.17, 15) is 4.79 Å². The molecule has 1 aliphatic carbocycles. The molecule has 0 spiro atoms. The average Bonchev–Trinajstić information content (AvgIpc) is 3.32. The van der Waals surface area contributed by atoms with Gasteiger partial charge in [0.1, 0.15) is 5.82 Å². The first-order valence-corrected chi connectivity index (χ1v) is 10.4. The molecule has 0 bridgehead atoms. The molecule has 1 aliphatic heterocycles. The van der Waals surface area contributed by atoms with Crippen LogP contribution in [0.15, 0.2) is 24.3 Å². The van der Waals surface area contributed by atoms with Gasteiger partial charge in [0.2, 0.25) is 5.91 Å². The van der Waals surface area contributed by atoms with E-state index in [4.69, 9.17) is 5.10 Å². The zero-order valence-corrected chi connectivity index (χ0v) is 15.6. The number of fused-ring (bicyclic) bond motifs is 1. The highest BCUT2D eigenvalue weighted by atomic mass is 32.2. The molecule has 0 atom stereocenters. The standard InChI is InChI=1S/C20H25N3OS/c1-14-6-9-16(10-7-14)23-20(17-12-25-13-18(17)22-23)21-19(24)11-8-15-4-2-3-5-15/h6-7,9-10,15H,2-5,8,11-13H2,1H3,(H,21,24). The zero-order valence-electron chi connectivity index (χ0n) is 14.8. The number of aryl methyl sites for hydroxylation is 1. The minimum Gasteiger partial charge on any atom is -0.310 e. The number of thioether (sulfide) groups is 1. The fourth-order valence-corrected chi connectivity index (χ4v) is 4.88. The number of hydrogen-bond acceptors (Lipinski definition) is 3. The lowest BCUT2D eigenvalue weighted by molar-refractivity contribution is -0.116. The third kappa shape index (κ3) is 3.61. The highest BCUT2D eigenvalue weighted by Gasteiger charge is 2.25. The van der Waals surface area contributed by atoms with Crippen molar-refractivity contribution < 1.29 is 4.79 Å². The molecule has 1 aromatic heterocycles. The van der Waals surface area contributed by atoms with Gasteiger partial charge in [-0.2, -0.15) is 16.9 Å². The number of aromatic nitrogens is 2. The summed E-state index contributed by atoms with van der Waals surface area (Å²) >= 11 is 1.86. The van der Waals surface area contributed by atoms with Crippen LogP contribution in [0.3, 0.4) is 0 Å². The van der Waals surface area contributed by atoms with E-state index in [2.05, 4.69) is 36.5 Å². The van der Waals surface area contributed by atoms with Gasteiger partial charge in [0.05, 0.1) is 11.4 Å². The van der Waals surface area contributed by atoms with Crippen LogP contribution in [0.1, 0.15) is 55.3 Å². The average molecular weight is 356 g/mol. The molecule has 0 saturated heterocycles. The smallest absolute Gasteiger partial charge is 0.225 e. The van der Waals surface area contributed by atoms with Crippen LogP contribution in [0.4, 0.5) is 5.82 Å². The number of carbonyl (C=O) groups is 1. The van der Waals surface area contributed by atoms with Crippen LogP contribution in [-0.4, -0.2) is 15.7 Å². The molecule has 0 radical (unpaired) electrons. The molecule has 2 aromatic rings. The van der Waals surface area contributed by atoms with E-state index in [0.717, 1.165) is 41.0 Å². The Bertz CT molecular complexity index is 760. The van der Waals surface area contributed by atoms with Crippen LogP contribution in [0, 0.1) is 12.8 Å². The number of rotatable bonds is 5. The quantitative estimate of drug-likeness (QED) is 0.835. The summed E-state index contributed by atoms with van der Waals surface area (Å²) in [6, 6.07) is 8.31. The lowest BCUT2D eigenvalue weighted by Gasteiger charge is -2.12. The minimum absolute atomic E-state index is 0.125. The molecule has 1 aromatic carbocycles. The van der Waals surface area contributed by atoms with Crippen LogP contribution in [0.25, 0.3) is 5.69 Å². The van der Waals surface area contributed by atoms with E-state index in [1.165, 1.54) is 36.8 Å². The Morgan fingerprint density at radius 2 is 2.00 bits per heavy atom. The number of carbonyl (C=O) groups excluding carboxylic acids is 1. The highest BCUT2D eigenvalue weighted by molar-refractivity contribution is 7.98. The molecular formula is C20H25N3OS. The summed E-state index contributed by atoms with van der Waals surface area (Å²) in [5.74, 6) is 3.60. The Kier molecular flexibility index (Phi) is 4.84. The Morgan fingerprint density at radius 3 is 2.76 bits per heavy atom. The van der Waals surface area contributed by atoms with E-state index in [1.54, 1.807) is 0 Å². The lowest BCUT2D eigenvalue weighted by atomic mass is 10.0. The third-order valence-electron chi connectivity index (χ3n) is 5.34. The van der Waals surface area contributed by atoms with E-state index in [-0.39, 0.29) is 5.91 Å². The second kappa shape index (κ2) is 7.24. The number of nitrogens with one attached hydrogen (secondary N) is 1. The Morgan fingerprint density at radius 1 is 1.24 bits per heavy atom. The van der Waals surface area contributed by atoms with Crippen molar-refractivity contribution in [1.29, 1.82) is 0 Å². The van der Waals surface area contributed by atoms with Crippen molar-refractivity contribution in [2.24, 2.45) is 5.92 Å². The molecule has 2 aliphatic rings. The molecule has 0 unspecified atom stereocenters. The summed E-state index contributed by atoms with van der Waals surface area (Å²) in [6.45, 7) is 2.08. The molecule has 1 amide bonds. The monoisotopic (exact) mass is 355 g/mol. The van der Waals surface area contributed by atoms with Crippen LogP contribution in [0.5, 0.6) is 0 Å². The van der Waals surface area contributed by atoms with Gasteiger partial charge in [0, 0.05) is 23.5 Å². The number of anilines is 1. The molecular weight excluding hydrogens is 330 g/mol. The fourth-order valence-electron chi connectivity index (χ4n) is 3.84. The lowest BCUT2D eigenvalue weighted by Crippen LogP contribution is -2.16.